The Hall–Kier alpha value is -1.04. The van der Waals surface area contributed by atoms with Crippen LogP contribution in [0.1, 0.15) is 5.56 Å². The van der Waals surface area contributed by atoms with E-state index in [2.05, 4.69) is 22.3 Å². The van der Waals surface area contributed by atoms with E-state index in [1.54, 1.807) is 0 Å². The zero-order valence-corrected chi connectivity index (χ0v) is 11.9. The van der Waals surface area contributed by atoms with Gasteiger partial charge in [0.25, 0.3) is 0 Å². The summed E-state index contributed by atoms with van der Waals surface area (Å²) >= 11 is 2.04. The Morgan fingerprint density at radius 2 is 1.95 bits per heavy atom. The second-order valence-electron chi connectivity index (χ2n) is 4.65. The van der Waals surface area contributed by atoms with Gasteiger partial charge in [-0.2, -0.15) is 11.8 Å². The molecule has 0 saturated carbocycles. The van der Waals surface area contributed by atoms with Crippen molar-refractivity contribution in [1.29, 1.82) is 0 Å². The van der Waals surface area contributed by atoms with Crippen LogP contribution in [0.4, 0.5) is 5.69 Å². The number of anilines is 1. The highest BCUT2D eigenvalue weighted by molar-refractivity contribution is 7.99. The number of amides is 1. The number of nitrogens with one attached hydrogen (secondary N) is 1. The summed E-state index contributed by atoms with van der Waals surface area (Å²) in [6.45, 7) is 3.55. The third-order valence-electron chi connectivity index (χ3n) is 3.24. The number of carbonyl (C=O) groups is 1. The van der Waals surface area contributed by atoms with Crippen LogP contribution in [0.2, 0.25) is 0 Å². The fourth-order valence-electron chi connectivity index (χ4n) is 2.08. The van der Waals surface area contributed by atoms with Crippen molar-refractivity contribution in [3.8, 4) is 0 Å². The molecule has 0 spiro atoms. The molecule has 0 atom stereocenters. The van der Waals surface area contributed by atoms with Gasteiger partial charge in [-0.15, -0.1) is 0 Å². The molecule has 5 heteroatoms. The van der Waals surface area contributed by atoms with Gasteiger partial charge in [0, 0.05) is 36.8 Å². The Kier molecular flexibility index (Phi) is 5.69. The maximum absolute atomic E-state index is 11.2. The molecule has 3 N–H and O–H groups in total. The van der Waals surface area contributed by atoms with E-state index in [1.165, 1.54) is 30.2 Å². The summed E-state index contributed by atoms with van der Waals surface area (Å²) in [6.07, 6.45) is 1.07. The number of benzene rings is 1. The monoisotopic (exact) mass is 279 g/mol. The van der Waals surface area contributed by atoms with Gasteiger partial charge in [-0.3, -0.25) is 4.79 Å². The fraction of sp³-hybridized carbons (Fsp3) is 0.500. The van der Waals surface area contributed by atoms with E-state index >= 15 is 0 Å². The highest BCUT2D eigenvalue weighted by Crippen LogP contribution is 2.12. The number of carbonyl (C=O) groups excluding carboxylic acids is 1. The lowest BCUT2D eigenvalue weighted by atomic mass is 10.1. The third kappa shape index (κ3) is 4.86. The van der Waals surface area contributed by atoms with E-state index in [9.17, 15) is 4.79 Å². The van der Waals surface area contributed by atoms with Gasteiger partial charge >= 0.3 is 0 Å². The maximum Gasteiger partial charge on any atom is 0.238 e. The fourth-order valence-corrected chi connectivity index (χ4v) is 3.06. The lowest BCUT2D eigenvalue weighted by molar-refractivity contribution is -0.114. The highest BCUT2D eigenvalue weighted by Gasteiger charge is 2.09. The number of hydrogen-bond acceptors (Lipinski definition) is 4. The van der Waals surface area contributed by atoms with Gasteiger partial charge in [-0.1, -0.05) is 12.1 Å². The molecule has 19 heavy (non-hydrogen) atoms. The van der Waals surface area contributed by atoms with Gasteiger partial charge in [-0.05, 0) is 24.1 Å². The number of rotatable bonds is 5. The molecule has 1 aliphatic rings. The summed E-state index contributed by atoms with van der Waals surface area (Å²) < 4.78 is 0. The minimum atomic E-state index is -0.154. The minimum Gasteiger partial charge on any atom is -0.325 e. The van der Waals surface area contributed by atoms with Crippen LogP contribution < -0.4 is 11.1 Å². The van der Waals surface area contributed by atoms with Crippen LogP contribution in [-0.4, -0.2) is 48.5 Å². The first-order valence-electron chi connectivity index (χ1n) is 6.67. The first kappa shape index (κ1) is 14.4. The van der Waals surface area contributed by atoms with Gasteiger partial charge in [-0.25, -0.2) is 0 Å². The minimum absolute atomic E-state index is 0.0225. The molecule has 104 valence electrons. The Morgan fingerprint density at radius 3 is 2.58 bits per heavy atom. The number of thioether (sulfide) groups is 1. The van der Waals surface area contributed by atoms with Crippen molar-refractivity contribution < 1.29 is 4.79 Å². The van der Waals surface area contributed by atoms with Gasteiger partial charge < -0.3 is 16.0 Å². The van der Waals surface area contributed by atoms with Gasteiger partial charge in [0.2, 0.25) is 5.91 Å². The first-order valence-corrected chi connectivity index (χ1v) is 7.82. The van der Waals surface area contributed by atoms with Gasteiger partial charge in [0.15, 0.2) is 0 Å². The number of nitrogens with zero attached hydrogens (tertiary/aromatic N) is 1. The lowest BCUT2D eigenvalue weighted by Gasteiger charge is -2.26. The molecule has 0 aliphatic carbocycles. The van der Waals surface area contributed by atoms with E-state index in [0.717, 1.165) is 18.7 Å². The molecule has 4 nitrogen and oxygen atoms in total. The average Bonchev–Trinajstić information content (AvgIpc) is 2.47. The summed E-state index contributed by atoms with van der Waals surface area (Å²) in [6, 6.07) is 8.03. The van der Waals surface area contributed by atoms with Crippen LogP contribution in [-0.2, 0) is 11.2 Å². The largest absolute Gasteiger partial charge is 0.325 e. The van der Waals surface area contributed by atoms with Gasteiger partial charge in [0.1, 0.15) is 0 Å². The number of nitrogens with two attached hydrogens (primary N) is 1. The molecule has 1 aromatic carbocycles. The molecular weight excluding hydrogens is 258 g/mol. The molecule has 0 unspecified atom stereocenters. The predicted octanol–water partition coefficient (Wildman–Crippen LogP) is 1.18. The molecule has 1 amide bonds. The lowest BCUT2D eigenvalue weighted by Crippen LogP contribution is -2.34. The Labute approximate surface area is 118 Å². The van der Waals surface area contributed by atoms with Crippen LogP contribution in [0.15, 0.2) is 24.3 Å². The van der Waals surface area contributed by atoms with Crippen molar-refractivity contribution in [3.63, 3.8) is 0 Å². The zero-order chi connectivity index (χ0) is 13.5. The van der Waals surface area contributed by atoms with Crippen LogP contribution in [0.3, 0.4) is 0 Å². The Balaban J connectivity index is 1.79. The van der Waals surface area contributed by atoms with E-state index in [0.29, 0.717) is 0 Å². The predicted molar refractivity (Wildman–Crippen MR) is 81.6 cm³/mol. The van der Waals surface area contributed by atoms with E-state index in [-0.39, 0.29) is 12.5 Å². The van der Waals surface area contributed by atoms with E-state index in [1.807, 2.05) is 23.9 Å². The molecule has 0 radical (unpaired) electrons. The summed E-state index contributed by atoms with van der Waals surface area (Å²) in [5, 5.41) is 2.75. The molecule has 1 aliphatic heterocycles. The first-order chi connectivity index (χ1) is 9.28. The molecule has 1 aromatic rings. The van der Waals surface area contributed by atoms with Crippen LogP contribution in [0.5, 0.6) is 0 Å². The molecule has 0 aromatic heterocycles. The third-order valence-corrected chi connectivity index (χ3v) is 4.19. The SMILES string of the molecule is NCC(=O)Nc1ccc(CCN2CCSCC2)cc1. The highest BCUT2D eigenvalue weighted by atomic mass is 32.2. The van der Waals surface area contributed by atoms with Crippen molar-refractivity contribution in [2.75, 3.05) is 43.0 Å². The van der Waals surface area contributed by atoms with Crippen molar-refractivity contribution in [2.24, 2.45) is 5.73 Å². The molecule has 0 bridgehead atoms. The normalized spacial score (nSPS) is 16.3. The van der Waals surface area contributed by atoms with Gasteiger partial charge in [0.05, 0.1) is 6.54 Å². The summed E-state index contributed by atoms with van der Waals surface area (Å²) in [4.78, 5) is 13.7. The Morgan fingerprint density at radius 1 is 1.26 bits per heavy atom. The molecule has 1 saturated heterocycles. The van der Waals surface area contributed by atoms with Crippen molar-refractivity contribution in [2.45, 2.75) is 6.42 Å². The topological polar surface area (TPSA) is 58.4 Å². The van der Waals surface area contributed by atoms with Crippen LogP contribution in [0.25, 0.3) is 0 Å². The van der Waals surface area contributed by atoms with Crippen LogP contribution in [0, 0.1) is 0 Å². The summed E-state index contributed by atoms with van der Waals surface area (Å²) in [5.41, 5.74) is 7.38. The van der Waals surface area contributed by atoms with E-state index in [4.69, 9.17) is 5.73 Å². The standard InChI is InChI=1S/C14H21N3OS/c15-11-14(18)16-13-3-1-12(2-4-13)5-6-17-7-9-19-10-8-17/h1-4H,5-11,15H2,(H,16,18). The second kappa shape index (κ2) is 7.53. The van der Waals surface area contributed by atoms with Crippen molar-refractivity contribution >= 4 is 23.4 Å². The Bertz CT molecular complexity index is 402. The second-order valence-corrected chi connectivity index (χ2v) is 5.88. The molecule has 1 heterocycles. The molecular formula is C14H21N3OS. The smallest absolute Gasteiger partial charge is 0.238 e. The zero-order valence-electron chi connectivity index (χ0n) is 11.1. The molecule has 2 rings (SSSR count). The quantitative estimate of drug-likeness (QED) is 0.849. The number of hydrogen-bond donors (Lipinski definition) is 2. The summed E-state index contributed by atoms with van der Waals surface area (Å²) in [5.74, 6) is 2.35. The maximum atomic E-state index is 11.2. The average molecular weight is 279 g/mol. The van der Waals surface area contributed by atoms with Crippen molar-refractivity contribution in [3.05, 3.63) is 29.8 Å². The van der Waals surface area contributed by atoms with E-state index < -0.39 is 0 Å². The van der Waals surface area contributed by atoms with Crippen LogP contribution >= 0.6 is 11.8 Å². The summed E-state index contributed by atoms with van der Waals surface area (Å²) in [7, 11) is 0. The molecule has 1 fully saturated rings. The van der Waals surface area contributed by atoms with Crippen molar-refractivity contribution in [1.82, 2.24) is 4.90 Å².